The molecule has 100 valence electrons. The fourth-order valence-electron chi connectivity index (χ4n) is 1.61. The van der Waals surface area contributed by atoms with Crippen LogP contribution < -0.4 is 5.32 Å². The number of rotatable bonds is 5. The van der Waals surface area contributed by atoms with Crippen molar-refractivity contribution in [3.8, 4) is 6.07 Å². The SMILES string of the molecule is CCN(CCC#N)C(=O)Nc1cccc(C(C)=O)c1. The molecule has 0 aliphatic carbocycles. The molecule has 19 heavy (non-hydrogen) atoms. The summed E-state index contributed by atoms with van der Waals surface area (Å²) in [6, 6.07) is 8.53. The molecule has 0 atom stereocenters. The molecule has 0 heterocycles. The number of hydrogen-bond donors (Lipinski definition) is 1. The Morgan fingerprint density at radius 3 is 2.74 bits per heavy atom. The highest BCUT2D eigenvalue weighted by atomic mass is 16.2. The standard InChI is InChI=1S/C14H17N3O2/c1-3-17(9-5-8-15)14(19)16-13-7-4-6-12(10-13)11(2)18/h4,6-7,10H,3,5,9H2,1-2H3,(H,16,19). The summed E-state index contributed by atoms with van der Waals surface area (Å²) in [7, 11) is 0. The summed E-state index contributed by atoms with van der Waals surface area (Å²) in [4.78, 5) is 24.8. The van der Waals surface area contributed by atoms with Crippen LogP contribution >= 0.6 is 0 Å². The van der Waals surface area contributed by atoms with Crippen LogP contribution in [0.25, 0.3) is 0 Å². The topological polar surface area (TPSA) is 73.2 Å². The maximum absolute atomic E-state index is 12.0. The number of hydrogen-bond acceptors (Lipinski definition) is 3. The Morgan fingerprint density at radius 1 is 1.42 bits per heavy atom. The lowest BCUT2D eigenvalue weighted by atomic mass is 10.1. The van der Waals surface area contributed by atoms with E-state index in [4.69, 9.17) is 5.26 Å². The average Bonchev–Trinajstić information content (AvgIpc) is 2.40. The Morgan fingerprint density at radius 2 is 2.16 bits per heavy atom. The number of nitrogens with zero attached hydrogens (tertiary/aromatic N) is 2. The van der Waals surface area contributed by atoms with Crippen LogP contribution in [0.1, 0.15) is 30.6 Å². The Bertz CT molecular complexity index is 506. The largest absolute Gasteiger partial charge is 0.324 e. The average molecular weight is 259 g/mol. The van der Waals surface area contributed by atoms with E-state index in [1.807, 2.05) is 13.0 Å². The molecule has 0 saturated heterocycles. The minimum Gasteiger partial charge on any atom is -0.324 e. The molecule has 1 aromatic rings. The molecule has 5 heteroatoms. The van der Waals surface area contributed by atoms with Crippen LogP contribution in [0.2, 0.25) is 0 Å². The van der Waals surface area contributed by atoms with E-state index in [9.17, 15) is 9.59 Å². The van der Waals surface area contributed by atoms with Gasteiger partial charge in [0.15, 0.2) is 5.78 Å². The quantitative estimate of drug-likeness (QED) is 0.826. The highest BCUT2D eigenvalue weighted by Crippen LogP contribution is 2.12. The van der Waals surface area contributed by atoms with Gasteiger partial charge in [-0.1, -0.05) is 12.1 Å². The van der Waals surface area contributed by atoms with Crippen molar-refractivity contribution < 1.29 is 9.59 Å². The van der Waals surface area contributed by atoms with Crippen molar-refractivity contribution in [3.63, 3.8) is 0 Å². The lowest BCUT2D eigenvalue weighted by Crippen LogP contribution is -2.35. The van der Waals surface area contributed by atoms with Crippen molar-refractivity contribution in [2.45, 2.75) is 20.3 Å². The maximum atomic E-state index is 12.0. The summed E-state index contributed by atoms with van der Waals surface area (Å²) in [6.45, 7) is 4.25. The van der Waals surface area contributed by atoms with E-state index in [0.717, 1.165) is 0 Å². The third-order valence-electron chi connectivity index (χ3n) is 2.68. The molecular formula is C14H17N3O2. The van der Waals surface area contributed by atoms with E-state index in [1.165, 1.54) is 6.92 Å². The van der Waals surface area contributed by atoms with Gasteiger partial charge in [0.1, 0.15) is 0 Å². The third kappa shape index (κ3) is 4.43. The van der Waals surface area contributed by atoms with Gasteiger partial charge in [-0.2, -0.15) is 5.26 Å². The van der Waals surface area contributed by atoms with Gasteiger partial charge in [0.05, 0.1) is 12.5 Å². The highest BCUT2D eigenvalue weighted by Gasteiger charge is 2.11. The predicted octanol–water partition coefficient (Wildman–Crippen LogP) is 2.66. The number of anilines is 1. The number of nitriles is 1. The van der Waals surface area contributed by atoms with E-state index in [0.29, 0.717) is 30.8 Å². The molecule has 0 bridgehead atoms. The number of carbonyl (C=O) groups excluding carboxylic acids is 2. The molecule has 1 rings (SSSR count). The zero-order valence-corrected chi connectivity index (χ0v) is 11.1. The molecule has 5 nitrogen and oxygen atoms in total. The number of urea groups is 1. The van der Waals surface area contributed by atoms with Gasteiger partial charge < -0.3 is 10.2 Å². The van der Waals surface area contributed by atoms with E-state index < -0.39 is 0 Å². The second kappa shape index (κ2) is 7.17. The predicted molar refractivity (Wildman–Crippen MR) is 72.9 cm³/mol. The van der Waals surface area contributed by atoms with E-state index >= 15 is 0 Å². The first-order valence-corrected chi connectivity index (χ1v) is 6.12. The van der Waals surface area contributed by atoms with Crippen LogP contribution in [0.5, 0.6) is 0 Å². The molecule has 0 aliphatic rings. The zero-order valence-electron chi connectivity index (χ0n) is 11.1. The summed E-state index contributed by atoms with van der Waals surface area (Å²) in [5, 5.41) is 11.3. The second-order valence-corrected chi connectivity index (χ2v) is 4.05. The van der Waals surface area contributed by atoms with Gasteiger partial charge in [0.25, 0.3) is 0 Å². The highest BCUT2D eigenvalue weighted by molar-refractivity contribution is 5.96. The van der Waals surface area contributed by atoms with Crippen LogP contribution in [-0.4, -0.2) is 29.8 Å². The van der Waals surface area contributed by atoms with Crippen LogP contribution in [0.3, 0.4) is 0 Å². The zero-order chi connectivity index (χ0) is 14.3. The fraction of sp³-hybridized carbons (Fsp3) is 0.357. The Hall–Kier alpha value is -2.35. The molecule has 0 saturated carbocycles. The smallest absolute Gasteiger partial charge is 0.321 e. The molecule has 0 spiro atoms. The summed E-state index contributed by atoms with van der Waals surface area (Å²) in [5.41, 5.74) is 1.13. The maximum Gasteiger partial charge on any atom is 0.321 e. The van der Waals surface area contributed by atoms with Gasteiger partial charge in [-0.15, -0.1) is 0 Å². The van der Waals surface area contributed by atoms with Gasteiger partial charge in [-0.3, -0.25) is 4.79 Å². The number of Topliss-reactive ketones (excluding diaryl/α,β-unsaturated/α-hetero) is 1. The first-order valence-electron chi connectivity index (χ1n) is 6.12. The number of ketones is 1. The van der Waals surface area contributed by atoms with Gasteiger partial charge in [0, 0.05) is 24.3 Å². The van der Waals surface area contributed by atoms with Crippen molar-refractivity contribution in [1.82, 2.24) is 4.90 Å². The van der Waals surface area contributed by atoms with E-state index in [-0.39, 0.29) is 11.8 Å². The number of carbonyl (C=O) groups is 2. The summed E-state index contributed by atoms with van der Waals surface area (Å²) >= 11 is 0. The van der Waals surface area contributed by atoms with Crippen LogP contribution in [0, 0.1) is 11.3 Å². The molecule has 2 amide bonds. The monoisotopic (exact) mass is 259 g/mol. The minimum atomic E-state index is -0.265. The summed E-state index contributed by atoms with van der Waals surface area (Å²) in [5.74, 6) is -0.0482. The summed E-state index contributed by atoms with van der Waals surface area (Å²) in [6.07, 6.45) is 0.300. The van der Waals surface area contributed by atoms with Gasteiger partial charge in [0.2, 0.25) is 0 Å². The lowest BCUT2D eigenvalue weighted by molar-refractivity contribution is 0.101. The summed E-state index contributed by atoms with van der Waals surface area (Å²) < 4.78 is 0. The molecule has 0 aromatic heterocycles. The van der Waals surface area contributed by atoms with E-state index in [1.54, 1.807) is 29.2 Å². The lowest BCUT2D eigenvalue weighted by Gasteiger charge is -2.20. The fourth-order valence-corrected chi connectivity index (χ4v) is 1.61. The van der Waals surface area contributed by atoms with E-state index in [2.05, 4.69) is 5.32 Å². The van der Waals surface area contributed by atoms with Crippen molar-refractivity contribution in [2.24, 2.45) is 0 Å². The molecular weight excluding hydrogens is 242 g/mol. The number of nitrogens with one attached hydrogen (secondary N) is 1. The first-order chi connectivity index (χ1) is 9.08. The van der Waals surface area contributed by atoms with Crippen molar-refractivity contribution in [3.05, 3.63) is 29.8 Å². The molecule has 0 fully saturated rings. The molecule has 1 aromatic carbocycles. The first kappa shape index (κ1) is 14.7. The van der Waals surface area contributed by atoms with Crippen molar-refractivity contribution in [2.75, 3.05) is 18.4 Å². The van der Waals surface area contributed by atoms with Crippen molar-refractivity contribution >= 4 is 17.5 Å². The number of benzene rings is 1. The molecule has 0 radical (unpaired) electrons. The molecule has 1 N–H and O–H groups in total. The van der Waals surface area contributed by atoms with Crippen LogP contribution in [-0.2, 0) is 0 Å². The van der Waals surface area contributed by atoms with Gasteiger partial charge in [-0.25, -0.2) is 4.79 Å². The second-order valence-electron chi connectivity index (χ2n) is 4.05. The van der Waals surface area contributed by atoms with Gasteiger partial charge >= 0.3 is 6.03 Å². The molecule has 0 aliphatic heterocycles. The van der Waals surface area contributed by atoms with Crippen LogP contribution in [0.15, 0.2) is 24.3 Å². The Labute approximate surface area is 112 Å². The van der Waals surface area contributed by atoms with Gasteiger partial charge in [-0.05, 0) is 26.0 Å². The normalized spacial score (nSPS) is 9.53. The third-order valence-corrected chi connectivity index (χ3v) is 2.68. The Kier molecular flexibility index (Phi) is 5.55. The Balaban J connectivity index is 2.73. The van der Waals surface area contributed by atoms with Crippen LogP contribution in [0.4, 0.5) is 10.5 Å². The molecule has 0 unspecified atom stereocenters. The number of amides is 2. The minimum absolute atomic E-state index is 0.0482. The van der Waals surface area contributed by atoms with Crippen molar-refractivity contribution in [1.29, 1.82) is 5.26 Å².